The Morgan fingerprint density at radius 3 is 2.42 bits per heavy atom. The van der Waals surface area contributed by atoms with Crippen LogP contribution in [0.5, 0.6) is 0 Å². The molecule has 0 bridgehead atoms. The zero-order chi connectivity index (χ0) is 23.6. The number of hydrogen-bond donors (Lipinski definition) is 2. The molecule has 3 N–H and O–H groups in total. The molecule has 172 valence electrons. The van der Waals surface area contributed by atoms with Gasteiger partial charge < -0.3 is 10.6 Å². The maximum atomic E-state index is 13.1. The highest BCUT2D eigenvalue weighted by Gasteiger charge is 2.25. The van der Waals surface area contributed by atoms with E-state index in [9.17, 15) is 13.2 Å². The van der Waals surface area contributed by atoms with Crippen molar-refractivity contribution in [1.29, 1.82) is 0 Å². The van der Waals surface area contributed by atoms with Gasteiger partial charge in [0.05, 0.1) is 5.69 Å². The first kappa shape index (κ1) is 23.1. The molecule has 1 aliphatic heterocycles. The summed E-state index contributed by atoms with van der Waals surface area (Å²) in [7, 11) is -3.87. The Hall–Kier alpha value is -3.10. The number of rotatable bonds is 5. The number of anilines is 2. The van der Waals surface area contributed by atoms with Gasteiger partial charge in [0.25, 0.3) is 15.9 Å². The largest absolute Gasteiger partial charge is 0.399 e. The lowest BCUT2D eigenvalue weighted by Gasteiger charge is -2.32. The molecule has 33 heavy (non-hydrogen) atoms. The zero-order valence-corrected chi connectivity index (χ0v) is 19.7. The number of benzene rings is 2. The van der Waals surface area contributed by atoms with Crippen molar-refractivity contribution in [2.45, 2.75) is 30.6 Å². The van der Waals surface area contributed by atoms with Crippen LogP contribution < -0.4 is 10.5 Å². The Morgan fingerprint density at radius 2 is 1.79 bits per heavy atom. The quantitative estimate of drug-likeness (QED) is 0.411. The average Bonchev–Trinajstić information content (AvgIpc) is 2.81. The number of piperidine rings is 1. The molecule has 0 unspecified atom stereocenters. The van der Waals surface area contributed by atoms with Crippen LogP contribution in [0.1, 0.15) is 40.2 Å². The van der Waals surface area contributed by atoms with Crippen molar-refractivity contribution in [1.82, 2.24) is 9.88 Å². The van der Waals surface area contributed by atoms with Crippen molar-refractivity contribution in [2.24, 2.45) is 0 Å². The smallest absolute Gasteiger partial charge is 0.263 e. The molecule has 1 aromatic heterocycles. The van der Waals surface area contributed by atoms with Crippen LogP contribution in [0, 0.1) is 6.92 Å². The van der Waals surface area contributed by atoms with Crippen molar-refractivity contribution in [3.63, 3.8) is 0 Å². The molecule has 4 rings (SSSR count). The monoisotopic (exact) mass is 484 g/mol. The maximum Gasteiger partial charge on any atom is 0.263 e. The number of likely N-dealkylation sites (tertiary alicyclic amines) is 1. The summed E-state index contributed by atoms with van der Waals surface area (Å²) in [5.74, 6) is 0.280. The molecular formula is C24H25ClN4O3S. The molecule has 0 radical (unpaired) electrons. The number of aromatic nitrogens is 1. The summed E-state index contributed by atoms with van der Waals surface area (Å²) < 4.78 is 28.0. The summed E-state index contributed by atoms with van der Waals surface area (Å²) in [6, 6.07) is 15.8. The lowest BCUT2D eigenvalue weighted by Crippen LogP contribution is -2.38. The van der Waals surface area contributed by atoms with Gasteiger partial charge in [-0.3, -0.25) is 9.52 Å². The number of carbonyl (C=O) groups is 1. The van der Waals surface area contributed by atoms with Gasteiger partial charge in [-0.25, -0.2) is 13.4 Å². The van der Waals surface area contributed by atoms with Gasteiger partial charge in [0.1, 0.15) is 10.0 Å². The number of pyridine rings is 1. The zero-order valence-electron chi connectivity index (χ0n) is 18.2. The van der Waals surface area contributed by atoms with E-state index in [-0.39, 0.29) is 16.0 Å². The summed E-state index contributed by atoms with van der Waals surface area (Å²) in [5.41, 5.74) is 9.26. The van der Waals surface area contributed by atoms with Crippen molar-refractivity contribution in [3.8, 4) is 0 Å². The SMILES string of the molecule is Cc1ccc(C(=O)N2CCC(c3ccc(N)cc3)CC2)cc1NS(=O)(=O)c1ccc(Cl)nc1. The first-order valence-corrected chi connectivity index (χ1v) is 12.5. The van der Waals surface area contributed by atoms with E-state index in [1.54, 1.807) is 25.1 Å². The first-order chi connectivity index (χ1) is 15.7. The van der Waals surface area contributed by atoms with Gasteiger partial charge in [-0.05, 0) is 73.2 Å². The van der Waals surface area contributed by atoms with Gasteiger partial charge in [0.2, 0.25) is 0 Å². The molecule has 7 nitrogen and oxygen atoms in total. The molecule has 1 fully saturated rings. The number of nitrogens with two attached hydrogens (primary N) is 1. The van der Waals surface area contributed by atoms with Crippen LogP contribution >= 0.6 is 11.6 Å². The Bertz CT molecular complexity index is 1250. The van der Waals surface area contributed by atoms with E-state index in [0.717, 1.165) is 18.5 Å². The third kappa shape index (κ3) is 5.29. The number of carbonyl (C=O) groups excluding carboxylic acids is 1. The fourth-order valence-corrected chi connectivity index (χ4v) is 5.13. The van der Waals surface area contributed by atoms with Gasteiger partial charge in [0, 0.05) is 30.5 Å². The average molecular weight is 485 g/mol. The molecule has 2 aromatic carbocycles. The number of aryl methyl sites for hydroxylation is 1. The van der Waals surface area contributed by atoms with Crippen LogP contribution in [0.2, 0.25) is 5.15 Å². The van der Waals surface area contributed by atoms with Gasteiger partial charge in [-0.15, -0.1) is 0 Å². The van der Waals surface area contributed by atoms with E-state index in [0.29, 0.717) is 35.8 Å². The second-order valence-electron chi connectivity index (χ2n) is 8.18. The molecule has 9 heteroatoms. The van der Waals surface area contributed by atoms with Crippen LogP contribution in [0.15, 0.2) is 65.7 Å². The van der Waals surface area contributed by atoms with Gasteiger partial charge in [0.15, 0.2) is 0 Å². The minimum atomic E-state index is -3.87. The van der Waals surface area contributed by atoms with Crippen molar-refractivity contribution in [3.05, 3.63) is 82.6 Å². The predicted molar refractivity (Wildman–Crippen MR) is 130 cm³/mol. The van der Waals surface area contributed by atoms with Crippen molar-refractivity contribution in [2.75, 3.05) is 23.5 Å². The standard InChI is InChI=1S/C24H25ClN4O3S/c1-16-2-3-19(14-22(16)28-33(31,32)21-8-9-23(25)27-15-21)24(30)29-12-10-18(11-13-29)17-4-6-20(26)7-5-17/h2-9,14-15,18,28H,10-13,26H2,1H3. The topological polar surface area (TPSA) is 105 Å². The lowest BCUT2D eigenvalue weighted by molar-refractivity contribution is 0.0713. The summed E-state index contributed by atoms with van der Waals surface area (Å²) >= 11 is 5.75. The van der Waals surface area contributed by atoms with Crippen LogP contribution in [-0.4, -0.2) is 37.3 Å². The highest BCUT2D eigenvalue weighted by molar-refractivity contribution is 7.92. The molecule has 0 spiro atoms. The lowest BCUT2D eigenvalue weighted by atomic mass is 9.89. The summed E-state index contributed by atoms with van der Waals surface area (Å²) in [6.45, 7) is 3.06. The molecule has 1 amide bonds. The van der Waals surface area contributed by atoms with E-state index < -0.39 is 10.0 Å². The molecule has 0 atom stereocenters. The van der Waals surface area contributed by atoms with E-state index in [4.69, 9.17) is 17.3 Å². The van der Waals surface area contributed by atoms with Crippen molar-refractivity contribution >= 4 is 38.9 Å². The minimum absolute atomic E-state index is 0.00669. The normalized spacial score (nSPS) is 14.8. The fraction of sp³-hybridized carbons (Fsp3) is 0.250. The number of halogens is 1. The second kappa shape index (κ2) is 9.41. The molecule has 0 saturated carbocycles. The number of hydrogen-bond acceptors (Lipinski definition) is 5. The number of amides is 1. The van der Waals surface area contributed by atoms with Gasteiger partial charge in [-0.1, -0.05) is 29.8 Å². The third-order valence-electron chi connectivity index (χ3n) is 5.93. The third-order valence-corrected chi connectivity index (χ3v) is 7.50. The van der Waals surface area contributed by atoms with Crippen LogP contribution in [-0.2, 0) is 10.0 Å². The summed E-state index contributed by atoms with van der Waals surface area (Å²) in [6.07, 6.45) is 2.93. The van der Waals surface area contributed by atoms with Gasteiger partial charge in [-0.2, -0.15) is 0 Å². The number of nitrogens with one attached hydrogen (secondary N) is 1. The van der Waals surface area contributed by atoms with Crippen molar-refractivity contribution < 1.29 is 13.2 Å². The number of nitrogens with zero attached hydrogens (tertiary/aromatic N) is 2. The van der Waals surface area contributed by atoms with E-state index >= 15 is 0 Å². The Labute approximate surface area is 198 Å². The Balaban J connectivity index is 1.46. The van der Waals surface area contributed by atoms with Crippen LogP contribution in [0.3, 0.4) is 0 Å². The van der Waals surface area contributed by atoms with E-state index in [1.807, 2.05) is 29.2 Å². The van der Waals surface area contributed by atoms with Crippen LogP contribution in [0.4, 0.5) is 11.4 Å². The molecule has 1 aliphatic rings. The van der Waals surface area contributed by atoms with E-state index in [1.165, 1.54) is 23.9 Å². The molecule has 2 heterocycles. The number of sulfonamides is 1. The molecule has 3 aromatic rings. The highest BCUT2D eigenvalue weighted by atomic mass is 35.5. The maximum absolute atomic E-state index is 13.1. The Morgan fingerprint density at radius 1 is 1.09 bits per heavy atom. The van der Waals surface area contributed by atoms with E-state index in [2.05, 4.69) is 9.71 Å². The highest BCUT2D eigenvalue weighted by Crippen LogP contribution is 2.30. The minimum Gasteiger partial charge on any atom is -0.399 e. The van der Waals surface area contributed by atoms with Gasteiger partial charge >= 0.3 is 0 Å². The molecule has 0 aliphatic carbocycles. The Kier molecular flexibility index (Phi) is 6.58. The molecule has 1 saturated heterocycles. The fourth-order valence-electron chi connectivity index (χ4n) is 3.96. The predicted octanol–water partition coefficient (Wildman–Crippen LogP) is 4.45. The summed E-state index contributed by atoms with van der Waals surface area (Å²) in [5, 5.41) is 0.206. The molecular weight excluding hydrogens is 460 g/mol. The second-order valence-corrected chi connectivity index (χ2v) is 10.3. The number of nitrogen functional groups attached to an aromatic ring is 1. The first-order valence-electron chi connectivity index (χ1n) is 10.6. The van der Waals surface area contributed by atoms with Crippen LogP contribution in [0.25, 0.3) is 0 Å². The summed E-state index contributed by atoms with van der Waals surface area (Å²) in [4.78, 5) is 18.8.